The molecule has 28 heavy (non-hydrogen) atoms. The van der Waals surface area contributed by atoms with Crippen molar-refractivity contribution >= 4 is 44.1 Å². The molecule has 6 nitrogen and oxygen atoms in total. The normalized spacial score (nSPS) is 12.4. The highest BCUT2D eigenvalue weighted by Crippen LogP contribution is 2.26. The third-order valence-corrected chi connectivity index (χ3v) is 5.75. The molecule has 0 unspecified atom stereocenters. The monoisotopic (exact) mass is 438 g/mol. The van der Waals surface area contributed by atoms with Crippen molar-refractivity contribution in [3.63, 3.8) is 0 Å². The highest BCUT2D eigenvalue weighted by atomic mass is 79.9. The molecule has 7 heteroatoms. The minimum absolute atomic E-state index is 0.150. The Kier molecular flexibility index (Phi) is 4.55. The summed E-state index contributed by atoms with van der Waals surface area (Å²) in [5.41, 5.74) is 3.62. The van der Waals surface area contributed by atoms with Gasteiger partial charge in [-0.1, -0.05) is 28.1 Å². The van der Waals surface area contributed by atoms with Gasteiger partial charge in [0.1, 0.15) is 6.04 Å². The molecular weight excluding hydrogens is 420 g/mol. The Labute approximate surface area is 169 Å². The van der Waals surface area contributed by atoms with Crippen molar-refractivity contribution in [2.45, 2.75) is 26.8 Å². The van der Waals surface area contributed by atoms with Gasteiger partial charge >= 0.3 is 0 Å². The van der Waals surface area contributed by atoms with Crippen molar-refractivity contribution < 1.29 is 4.79 Å². The molecule has 0 aliphatic heterocycles. The molecule has 2 heterocycles. The van der Waals surface area contributed by atoms with E-state index in [1.165, 1.54) is 6.07 Å². The van der Waals surface area contributed by atoms with Crippen LogP contribution in [0.3, 0.4) is 0 Å². The average Bonchev–Trinajstić information content (AvgIpc) is 2.99. The summed E-state index contributed by atoms with van der Waals surface area (Å²) in [7, 11) is 0. The lowest BCUT2D eigenvalue weighted by atomic mass is 10.2. The van der Waals surface area contributed by atoms with Crippen LogP contribution >= 0.6 is 15.9 Å². The summed E-state index contributed by atoms with van der Waals surface area (Å²) in [6.45, 7) is 5.65. The van der Waals surface area contributed by atoms with Crippen molar-refractivity contribution in [3.8, 4) is 0 Å². The number of rotatable bonds is 3. The van der Waals surface area contributed by atoms with Gasteiger partial charge in [-0.3, -0.25) is 14.3 Å². The maximum absolute atomic E-state index is 13.0. The highest BCUT2D eigenvalue weighted by Gasteiger charge is 2.22. The van der Waals surface area contributed by atoms with Crippen LogP contribution in [0.15, 0.2) is 57.8 Å². The van der Waals surface area contributed by atoms with Gasteiger partial charge in [-0.05, 0) is 56.7 Å². The van der Waals surface area contributed by atoms with Gasteiger partial charge in [0.25, 0.3) is 5.56 Å². The number of halogens is 1. The Morgan fingerprint density at radius 2 is 1.89 bits per heavy atom. The van der Waals surface area contributed by atoms with Crippen molar-refractivity contribution in [1.29, 1.82) is 0 Å². The number of fused-ring (bicyclic) bond motifs is 3. The maximum atomic E-state index is 13.0. The van der Waals surface area contributed by atoms with E-state index < -0.39 is 6.04 Å². The van der Waals surface area contributed by atoms with Crippen LogP contribution in [-0.2, 0) is 4.79 Å². The fourth-order valence-electron chi connectivity index (χ4n) is 3.47. The standard InChI is InChI=1S/C21H19BrN4O2/c1-12-10-15(8-9-17(12)22)23-21(28)14(3)26-18-7-5-4-6-16(18)20-24-19(27)11-13(2)25(20)26/h4-11,14H,1-3H3,(H,23,28)/t14-/m1/s1. The SMILES string of the molecule is Cc1cc(NC(=O)[C@@H](C)n2c3ccccc3c3nc(=O)cc(C)n32)ccc1Br. The van der Waals surface area contributed by atoms with Crippen molar-refractivity contribution in [1.82, 2.24) is 14.2 Å². The van der Waals surface area contributed by atoms with Gasteiger partial charge in [0.05, 0.1) is 5.52 Å². The fraction of sp³-hybridized carbons (Fsp3) is 0.190. The first-order valence-electron chi connectivity index (χ1n) is 8.93. The van der Waals surface area contributed by atoms with E-state index in [4.69, 9.17) is 0 Å². The maximum Gasteiger partial charge on any atom is 0.273 e. The summed E-state index contributed by atoms with van der Waals surface area (Å²) in [5.74, 6) is -0.150. The fourth-order valence-corrected chi connectivity index (χ4v) is 3.72. The van der Waals surface area contributed by atoms with Gasteiger partial charge in [-0.2, -0.15) is 4.98 Å². The van der Waals surface area contributed by atoms with Crippen LogP contribution in [0.5, 0.6) is 0 Å². The van der Waals surface area contributed by atoms with Crippen LogP contribution in [0, 0.1) is 13.8 Å². The molecule has 0 bridgehead atoms. The van der Waals surface area contributed by atoms with Gasteiger partial charge in [-0.15, -0.1) is 0 Å². The Morgan fingerprint density at radius 3 is 2.64 bits per heavy atom. The summed E-state index contributed by atoms with van der Waals surface area (Å²) in [5, 5.41) is 3.82. The van der Waals surface area contributed by atoms with Crippen LogP contribution in [-0.4, -0.2) is 20.1 Å². The molecular formula is C21H19BrN4O2. The second kappa shape index (κ2) is 6.91. The molecule has 0 aliphatic carbocycles. The summed E-state index contributed by atoms with van der Waals surface area (Å²) >= 11 is 3.47. The summed E-state index contributed by atoms with van der Waals surface area (Å²) < 4.78 is 4.71. The Hall–Kier alpha value is -2.93. The highest BCUT2D eigenvalue weighted by molar-refractivity contribution is 9.10. The molecule has 0 aliphatic rings. The lowest BCUT2D eigenvalue weighted by molar-refractivity contribution is -0.119. The molecule has 2 aromatic carbocycles. The second-order valence-electron chi connectivity index (χ2n) is 6.86. The van der Waals surface area contributed by atoms with Crippen molar-refractivity contribution in [2.75, 3.05) is 5.32 Å². The van der Waals surface area contributed by atoms with E-state index in [9.17, 15) is 9.59 Å². The van der Waals surface area contributed by atoms with Crippen LogP contribution in [0.2, 0.25) is 0 Å². The van der Waals surface area contributed by atoms with Crippen LogP contribution in [0.1, 0.15) is 24.2 Å². The number of nitrogens with one attached hydrogen (secondary N) is 1. The van der Waals surface area contributed by atoms with E-state index in [0.29, 0.717) is 5.65 Å². The minimum atomic E-state index is -0.519. The topological polar surface area (TPSA) is 68.4 Å². The average molecular weight is 439 g/mol. The van der Waals surface area contributed by atoms with E-state index in [1.54, 1.807) is 0 Å². The lowest BCUT2D eigenvalue weighted by Crippen LogP contribution is -2.27. The first-order valence-corrected chi connectivity index (χ1v) is 9.73. The summed E-state index contributed by atoms with van der Waals surface area (Å²) in [4.78, 5) is 29.2. The van der Waals surface area contributed by atoms with E-state index >= 15 is 0 Å². The van der Waals surface area contributed by atoms with Crippen LogP contribution in [0.25, 0.3) is 16.6 Å². The van der Waals surface area contributed by atoms with Crippen LogP contribution < -0.4 is 10.9 Å². The third-order valence-electron chi connectivity index (χ3n) is 4.86. The molecule has 142 valence electrons. The van der Waals surface area contributed by atoms with E-state index in [-0.39, 0.29) is 11.5 Å². The molecule has 4 rings (SSSR count). The molecule has 1 N–H and O–H groups in total. The molecule has 4 aromatic rings. The molecule has 0 saturated heterocycles. The van der Waals surface area contributed by atoms with E-state index in [0.717, 1.165) is 32.3 Å². The van der Waals surface area contributed by atoms with Gasteiger partial charge in [0.2, 0.25) is 5.91 Å². The van der Waals surface area contributed by atoms with Gasteiger partial charge in [0.15, 0.2) is 5.65 Å². The first-order chi connectivity index (χ1) is 13.4. The zero-order valence-electron chi connectivity index (χ0n) is 15.7. The summed E-state index contributed by atoms with van der Waals surface area (Å²) in [6.07, 6.45) is 0. The molecule has 0 saturated carbocycles. The largest absolute Gasteiger partial charge is 0.324 e. The number of hydrogen-bond donors (Lipinski definition) is 1. The number of nitrogens with zero attached hydrogens (tertiary/aromatic N) is 3. The van der Waals surface area contributed by atoms with Gasteiger partial charge in [-0.25, -0.2) is 4.52 Å². The Bertz CT molecular complexity index is 1290. The number of benzene rings is 2. The number of aromatic nitrogens is 3. The van der Waals surface area contributed by atoms with E-state index in [2.05, 4.69) is 26.2 Å². The van der Waals surface area contributed by atoms with Crippen LogP contribution in [0.4, 0.5) is 5.69 Å². The van der Waals surface area contributed by atoms with Crippen molar-refractivity contribution in [2.24, 2.45) is 0 Å². The minimum Gasteiger partial charge on any atom is -0.324 e. The molecule has 2 aromatic heterocycles. The van der Waals surface area contributed by atoms with Crippen molar-refractivity contribution in [3.05, 3.63) is 74.6 Å². The number of amides is 1. The Morgan fingerprint density at radius 1 is 1.14 bits per heavy atom. The smallest absolute Gasteiger partial charge is 0.273 e. The number of para-hydroxylation sites is 1. The third kappa shape index (κ3) is 3.01. The molecule has 0 spiro atoms. The zero-order chi connectivity index (χ0) is 20.0. The molecule has 1 amide bonds. The predicted octanol–water partition coefficient (Wildman–Crippen LogP) is 4.23. The summed E-state index contributed by atoms with van der Waals surface area (Å²) in [6, 6.07) is 14.3. The van der Waals surface area contributed by atoms with Gasteiger partial charge in [0, 0.05) is 27.3 Å². The first kappa shape index (κ1) is 18.4. The number of carbonyl (C=O) groups excluding carboxylic acids is 1. The number of anilines is 1. The zero-order valence-corrected chi connectivity index (χ0v) is 17.3. The quantitative estimate of drug-likeness (QED) is 0.520. The van der Waals surface area contributed by atoms with E-state index in [1.807, 2.05) is 72.4 Å². The predicted molar refractivity (Wildman–Crippen MR) is 114 cm³/mol. The number of carbonyl (C=O) groups is 1. The second-order valence-corrected chi connectivity index (χ2v) is 7.72. The number of aryl methyl sites for hydroxylation is 2. The Balaban J connectivity index is 1.83. The molecule has 1 atom stereocenters. The molecule has 0 fully saturated rings. The van der Waals surface area contributed by atoms with Gasteiger partial charge < -0.3 is 5.32 Å². The number of hydrogen-bond acceptors (Lipinski definition) is 3. The molecule has 0 radical (unpaired) electrons. The lowest BCUT2D eigenvalue weighted by Gasteiger charge is -2.18.